The smallest absolute Gasteiger partial charge is 0.242 e. The largest absolute Gasteiger partial charge is 0.339 e. The highest BCUT2D eigenvalue weighted by Gasteiger charge is 2.25. The molecule has 0 atom stereocenters. The molecule has 3 rings (SSSR count). The number of carbonyl (C=O) groups is 2. The van der Waals surface area contributed by atoms with Crippen molar-refractivity contribution >= 4 is 39.1 Å². The molecule has 1 aromatic heterocycles. The summed E-state index contributed by atoms with van der Waals surface area (Å²) in [6.07, 6.45) is 2.57. The highest BCUT2D eigenvalue weighted by Crippen LogP contribution is 2.23. The zero-order valence-corrected chi connectivity index (χ0v) is 15.6. The number of piperazine rings is 1. The molecule has 0 spiro atoms. The molecule has 7 heteroatoms. The number of nitrogens with zero attached hydrogens (tertiary/aromatic N) is 3. The van der Waals surface area contributed by atoms with Gasteiger partial charge in [0.05, 0.1) is 10.3 Å². The molecule has 1 aromatic rings. The van der Waals surface area contributed by atoms with Crippen LogP contribution in [-0.4, -0.2) is 65.8 Å². The van der Waals surface area contributed by atoms with E-state index in [0.29, 0.717) is 6.42 Å². The van der Waals surface area contributed by atoms with Gasteiger partial charge in [-0.05, 0) is 40.9 Å². The Hall–Kier alpha value is -0.920. The molecule has 0 aliphatic carbocycles. The Morgan fingerprint density at radius 3 is 2.57 bits per heavy atom. The molecule has 2 amide bonds. The Morgan fingerprint density at radius 1 is 1.13 bits per heavy atom. The molecule has 23 heavy (non-hydrogen) atoms. The maximum atomic E-state index is 12.4. The molecule has 2 aliphatic heterocycles. The van der Waals surface area contributed by atoms with Crippen molar-refractivity contribution in [2.24, 2.45) is 0 Å². The van der Waals surface area contributed by atoms with Gasteiger partial charge in [0.1, 0.15) is 0 Å². The third kappa shape index (κ3) is 4.55. The van der Waals surface area contributed by atoms with Gasteiger partial charge in [0, 0.05) is 50.6 Å². The number of piperidine rings is 1. The Labute approximate surface area is 149 Å². The van der Waals surface area contributed by atoms with Crippen LogP contribution < -0.4 is 0 Å². The van der Waals surface area contributed by atoms with Gasteiger partial charge in [-0.25, -0.2) is 0 Å². The molecular formula is C16H22BrN3O2S. The number of halogens is 1. The number of hydrogen-bond donors (Lipinski definition) is 0. The predicted molar refractivity (Wildman–Crippen MR) is 94.3 cm³/mol. The zero-order chi connectivity index (χ0) is 16.2. The normalized spacial score (nSPS) is 20.1. The lowest BCUT2D eigenvalue weighted by atomic mass is 10.1. The van der Waals surface area contributed by atoms with Crippen LogP contribution in [0.25, 0.3) is 0 Å². The quantitative estimate of drug-likeness (QED) is 0.778. The minimum atomic E-state index is 0.0961. The first-order valence-corrected chi connectivity index (χ1v) is 9.75. The van der Waals surface area contributed by atoms with Gasteiger partial charge in [0.25, 0.3) is 0 Å². The van der Waals surface area contributed by atoms with Crippen LogP contribution in [0.5, 0.6) is 0 Å². The minimum Gasteiger partial charge on any atom is -0.339 e. The van der Waals surface area contributed by atoms with E-state index in [9.17, 15) is 9.59 Å². The van der Waals surface area contributed by atoms with Crippen molar-refractivity contribution in [2.75, 3.05) is 39.3 Å². The maximum Gasteiger partial charge on any atom is 0.242 e. The van der Waals surface area contributed by atoms with Gasteiger partial charge in [-0.2, -0.15) is 0 Å². The second-order valence-electron chi connectivity index (χ2n) is 6.14. The Morgan fingerprint density at radius 2 is 1.91 bits per heavy atom. The fraction of sp³-hybridized carbons (Fsp3) is 0.625. The first-order valence-electron chi connectivity index (χ1n) is 8.14. The van der Waals surface area contributed by atoms with Gasteiger partial charge >= 0.3 is 0 Å². The molecule has 0 aromatic carbocycles. The number of amides is 2. The molecule has 0 saturated carbocycles. The van der Waals surface area contributed by atoms with E-state index in [0.717, 1.165) is 55.9 Å². The molecule has 2 fully saturated rings. The summed E-state index contributed by atoms with van der Waals surface area (Å²) in [7, 11) is 0. The van der Waals surface area contributed by atoms with Crippen molar-refractivity contribution < 1.29 is 9.59 Å². The summed E-state index contributed by atoms with van der Waals surface area (Å²) in [5.41, 5.74) is 0. The van der Waals surface area contributed by atoms with Crippen LogP contribution >= 0.6 is 27.3 Å². The van der Waals surface area contributed by atoms with Crippen LogP contribution in [0, 0.1) is 0 Å². The molecule has 0 N–H and O–H groups in total. The number of thiophene rings is 1. The van der Waals surface area contributed by atoms with E-state index in [2.05, 4.69) is 33.0 Å². The first kappa shape index (κ1) is 16.9. The van der Waals surface area contributed by atoms with E-state index in [1.165, 1.54) is 4.88 Å². The van der Waals surface area contributed by atoms with Crippen LogP contribution in [0.3, 0.4) is 0 Å². The van der Waals surface area contributed by atoms with Crippen LogP contribution in [-0.2, 0) is 16.1 Å². The number of rotatable bonds is 4. The first-order chi connectivity index (χ1) is 11.1. The lowest BCUT2D eigenvalue weighted by molar-refractivity contribution is -0.142. The van der Waals surface area contributed by atoms with E-state index in [-0.39, 0.29) is 18.4 Å². The van der Waals surface area contributed by atoms with Gasteiger partial charge in [-0.3, -0.25) is 14.5 Å². The van der Waals surface area contributed by atoms with E-state index in [1.54, 1.807) is 16.2 Å². The molecule has 2 saturated heterocycles. The number of hydrogen-bond acceptors (Lipinski definition) is 4. The van der Waals surface area contributed by atoms with Gasteiger partial charge in [-0.15, -0.1) is 11.3 Å². The van der Waals surface area contributed by atoms with Crippen LogP contribution in [0.4, 0.5) is 0 Å². The third-order valence-corrected chi connectivity index (χ3v) is 6.09. The highest BCUT2D eigenvalue weighted by atomic mass is 79.9. The summed E-state index contributed by atoms with van der Waals surface area (Å²) < 4.78 is 1.16. The topological polar surface area (TPSA) is 43.9 Å². The standard InChI is InChI=1S/C16H22BrN3O2S/c17-14-5-4-13(23-14)11-18-7-9-19(10-8-18)16(22)12-20-6-2-1-3-15(20)21/h4-5H,1-3,6-12H2. The summed E-state index contributed by atoms with van der Waals surface area (Å²) in [6, 6.07) is 4.23. The summed E-state index contributed by atoms with van der Waals surface area (Å²) in [6.45, 7) is 5.25. The minimum absolute atomic E-state index is 0.0961. The maximum absolute atomic E-state index is 12.4. The second kappa shape index (κ2) is 7.77. The zero-order valence-electron chi connectivity index (χ0n) is 13.2. The molecule has 2 aliphatic rings. The van der Waals surface area contributed by atoms with Crippen molar-refractivity contribution in [2.45, 2.75) is 25.8 Å². The molecule has 3 heterocycles. The number of carbonyl (C=O) groups excluding carboxylic acids is 2. The molecular weight excluding hydrogens is 378 g/mol. The number of likely N-dealkylation sites (tertiary alicyclic amines) is 1. The average molecular weight is 400 g/mol. The van der Waals surface area contributed by atoms with Crippen molar-refractivity contribution in [3.63, 3.8) is 0 Å². The van der Waals surface area contributed by atoms with Crippen molar-refractivity contribution in [3.05, 3.63) is 20.8 Å². The molecule has 0 bridgehead atoms. The fourth-order valence-corrected chi connectivity index (χ4v) is 4.63. The van der Waals surface area contributed by atoms with E-state index in [4.69, 9.17) is 0 Å². The molecule has 0 unspecified atom stereocenters. The Kier molecular flexibility index (Phi) is 5.71. The van der Waals surface area contributed by atoms with Crippen molar-refractivity contribution in [3.8, 4) is 0 Å². The van der Waals surface area contributed by atoms with E-state index < -0.39 is 0 Å². The summed E-state index contributed by atoms with van der Waals surface area (Å²) in [4.78, 5) is 31.6. The fourth-order valence-electron chi connectivity index (χ4n) is 3.10. The average Bonchev–Trinajstić information content (AvgIpc) is 2.95. The van der Waals surface area contributed by atoms with Crippen molar-refractivity contribution in [1.29, 1.82) is 0 Å². The summed E-state index contributed by atoms with van der Waals surface area (Å²) in [5.74, 6) is 0.227. The van der Waals surface area contributed by atoms with Crippen LogP contribution in [0.2, 0.25) is 0 Å². The Balaban J connectivity index is 1.44. The lowest BCUT2D eigenvalue weighted by Crippen LogP contribution is -2.52. The molecule has 5 nitrogen and oxygen atoms in total. The van der Waals surface area contributed by atoms with Gasteiger partial charge in [0.15, 0.2) is 0 Å². The monoisotopic (exact) mass is 399 g/mol. The van der Waals surface area contributed by atoms with Crippen LogP contribution in [0.1, 0.15) is 24.1 Å². The van der Waals surface area contributed by atoms with Crippen LogP contribution in [0.15, 0.2) is 15.9 Å². The predicted octanol–water partition coefficient (Wildman–Crippen LogP) is 2.17. The highest BCUT2D eigenvalue weighted by molar-refractivity contribution is 9.11. The van der Waals surface area contributed by atoms with Gasteiger partial charge in [-0.1, -0.05) is 0 Å². The second-order valence-corrected chi connectivity index (χ2v) is 8.68. The van der Waals surface area contributed by atoms with Gasteiger partial charge < -0.3 is 9.80 Å². The summed E-state index contributed by atoms with van der Waals surface area (Å²) in [5, 5.41) is 0. The van der Waals surface area contributed by atoms with Gasteiger partial charge in [0.2, 0.25) is 11.8 Å². The van der Waals surface area contributed by atoms with E-state index in [1.807, 2.05) is 4.90 Å². The lowest BCUT2D eigenvalue weighted by Gasteiger charge is -2.36. The van der Waals surface area contributed by atoms with E-state index >= 15 is 0 Å². The van der Waals surface area contributed by atoms with Crippen molar-refractivity contribution in [1.82, 2.24) is 14.7 Å². The SMILES string of the molecule is O=C(CN1CCCCC1=O)N1CCN(Cc2ccc(Br)s2)CC1. The molecule has 0 radical (unpaired) electrons. The molecule has 126 valence electrons. The third-order valence-electron chi connectivity index (χ3n) is 4.48. The Bertz CT molecular complexity index is 569. The summed E-state index contributed by atoms with van der Waals surface area (Å²) >= 11 is 5.25.